The fraction of sp³-hybridized carbons (Fsp3) is 0.467. The topological polar surface area (TPSA) is 66.4 Å². The molecule has 1 aromatic rings. The van der Waals surface area contributed by atoms with Crippen molar-refractivity contribution in [2.45, 2.75) is 32.1 Å². The summed E-state index contributed by atoms with van der Waals surface area (Å²) >= 11 is 0. The average Bonchev–Trinajstić information content (AvgIpc) is 2.37. The highest BCUT2D eigenvalue weighted by Gasteiger charge is 2.20. The molecule has 0 saturated carbocycles. The summed E-state index contributed by atoms with van der Waals surface area (Å²) in [6.07, 6.45) is 0.323. The third-order valence-corrected chi connectivity index (χ3v) is 3.89. The van der Waals surface area contributed by atoms with Gasteiger partial charge in [0.25, 0.3) is 0 Å². The average molecular weight is 295 g/mol. The largest absolute Gasteiger partial charge is 0.395 e. The van der Waals surface area contributed by atoms with Crippen LogP contribution in [0.4, 0.5) is 0 Å². The number of aliphatic hydroxyl groups is 1. The van der Waals surface area contributed by atoms with Gasteiger partial charge in [-0.1, -0.05) is 44.7 Å². The molecule has 1 rings (SSSR count). The van der Waals surface area contributed by atoms with Crippen LogP contribution in [0.5, 0.6) is 0 Å². The molecule has 0 saturated heterocycles. The Morgan fingerprint density at radius 1 is 1.25 bits per heavy atom. The van der Waals surface area contributed by atoms with Crippen LogP contribution >= 0.6 is 0 Å². The molecular formula is C15H21NO3S. The van der Waals surface area contributed by atoms with Gasteiger partial charge in [0.05, 0.1) is 11.5 Å². The molecule has 0 unspecified atom stereocenters. The summed E-state index contributed by atoms with van der Waals surface area (Å²) in [6, 6.07) is 6.61. The third-order valence-electron chi connectivity index (χ3n) is 2.43. The summed E-state index contributed by atoms with van der Waals surface area (Å²) in [5, 5.41) is 8.71. The van der Waals surface area contributed by atoms with E-state index in [0.29, 0.717) is 18.5 Å². The minimum absolute atomic E-state index is 0.0375. The van der Waals surface area contributed by atoms with Crippen molar-refractivity contribution >= 4 is 10.0 Å². The SMILES string of the molecule is CC(C)(C)CNS(=O)(=O)c1ccccc1C#CCCO. The summed E-state index contributed by atoms with van der Waals surface area (Å²) in [5.41, 5.74) is 0.312. The van der Waals surface area contributed by atoms with Crippen LogP contribution < -0.4 is 4.72 Å². The first-order valence-corrected chi connectivity index (χ1v) is 7.93. The first-order chi connectivity index (χ1) is 9.26. The number of hydrogen-bond acceptors (Lipinski definition) is 3. The Morgan fingerprint density at radius 2 is 1.90 bits per heavy atom. The zero-order valence-corrected chi connectivity index (χ0v) is 12.9. The molecule has 0 heterocycles. The number of nitrogens with one attached hydrogen (secondary N) is 1. The van der Waals surface area contributed by atoms with E-state index in [1.54, 1.807) is 18.2 Å². The van der Waals surface area contributed by atoms with Crippen LogP contribution in [0.1, 0.15) is 32.8 Å². The number of sulfonamides is 1. The van der Waals surface area contributed by atoms with Gasteiger partial charge >= 0.3 is 0 Å². The molecule has 0 aliphatic heterocycles. The minimum atomic E-state index is -3.58. The summed E-state index contributed by atoms with van der Waals surface area (Å²) in [6.45, 7) is 6.20. The molecule has 4 nitrogen and oxygen atoms in total. The molecule has 0 aliphatic carbocycles. The molecule has 1 aromatic carbocycles. The van der Waals surface area contributed by atoms with Crippen LogP contribution in [0.3, 0.4) is 0 Å². The van der Waals surface area contributed by atoms with Gasteiger partial charge in [0.15, 0.2) is 0 Å². The quantitative estimate of drug-likeness (QED) is 0.832. The molecule has 0 spiro atoms. The molecule has 2 N–H and O–H groups in total. The van der Waals surface area contributed by atoms with Crippen LogP contribution in [-0.4, -0.2) is 26.7 Å². The Bertz CT molecular complexity index is 604. The number of hydrogen-bond donors (Lipinski definition) is 2. The van der Waals surface area contributed by atoms with E-state index in [4.69, 9.17) is 5.11 Å². The Balaban J connectivity index is 3.04. The zero-order chi connectivity index (χ0) is 15.2. The highest BCUT2D eigenvalue weighted by atomic mass is 32.2. The Morgan fingerprint density at radius 3 is 2.50 bits per heavy atom. The number of benzene rings is 1. The number of rotatable bonds is 4. The van der Waals surface area contributed by atoms with E-state index in [1.165, 1.54) is 6.07 Å². The van der Waals surface area contributed by atoms with Gasteiger partial charge < -0.3 is 5.11 Å². The highest BCUT2D eigenvalue weighted by Crippen LogP contribution is 2.17. The summed E-state index contributed by atoms with van der Waals surface area (Å²) in [7, 11) is -3.58. The molecule has 0 amide bonds. The first-order valence-electron chi connectivity index (χ1n) is 6.45. The maximum Gasteiger partial charge on any atom is 0.241 e. The van der Waals surface area contributed by atoms with Crippen LogP contribution in [-0.2, 0) is 10.0 Å². The van der Waals surface area contributed by atoms with Gasteiger partial charge in [0, 0.05) is 18.5 Å². The van der Waals surface area contributed by atoms with Gasteiger partial charge in [-0.2, -0.15) is 0 Å². The van der Waals surface area contributed by atoms with Crippen molar-refractivity contribution in [3.8, 4) is 11.8 Å². The minimum Gasteiger partial charge on any atom is -0.395 e. The first kappa shape index (κ1) is 16.7. The van der Waals surface area contributed by atoms with E-state index in [0.717, 1.165) is 0 Å². The molecular weight excluding hydrogens is 274 g/mol. The Hall–Kier alpha value is -1.35. The Labute approximate surface area is 121 Å². The van der Waals surface area contributed by atoms with Crippen molar-refractivity contribution < 1.29 is 13.5 Å². The molecule has 110 valence electrons. The van der Waals surface area contributed by atoms with Crippen molar-refractivity contribution in [1.29, 1.82) is 0 Å². The van der Waals surface area contributed by atoms with Crippen molar-refractivity contribution in [3.63, 3.8) is 0 Å². The van der Waals surface area contributed by atoms with Gasteiger partial charge in [0.1, 0.15) is 0 Å². The second kappa shape index (κ2) is 6.89. The van der Waals surface area contributed by atoms with Gasteiger partial charge in [-0.05, 0) is 17.5 Å². The second-order valence-corrected chi connectivity index (χ2v) is 7.39. The fourth-order valence-electron chi connectivity index (χ4n) is 1.41. The van der Waals surface area contributed by atoms with Gasteiger partial charge in [-0.3, -0.25) is 0 Å². The Kier molecular flexibility index (Phi) is 5.75. The van der Waals surface area contributed by atoms with E-state index in [1.807, 2.05) is 20.8 Å². The predicted octanol–water partition coefficient (Wildman–Crippen LogP) is 1.74. The van der Waals surface area contributed by atoms with Gasteiger partial charge in [-0.15, -0.1) is 0 Å². The molecule has 0 radical (unpaired) electrons. The summed E-state index contributed by atoms with van der Waals surface area (Å²) < 4.78 is 27.2. The van der Waals surface area contributed by atoms with Gasteiger partial charge in [-0.25, -0.2) is 13.1 Å². The predicted molar refractivity (Wildman–Crippen MR) is 79.7 cm³/mol. The van der Waals surface area contributed by atoms with Gasteiger partial charge in [0.2, 0.25) is 10.0 Å². The van der Waals surface area contributed by atoms with E-state index in [2.05, 4.69) is 16.6 Å². The zero-order valence-electron chi connectivity index (χ0n) is 12.1. The normalized spacial score (nSPS) is 11.8. The lowest BCUT2D eigenvalue weighted by molar-refractivity contribution is 0.305. The maximum atomic E-state index is 12.3. The van der Waals surface area contributed by atoms with Crippen LogP contribution in [0.2, 0.25) is 0 Å². The molecule has 0 aromatic heterocycles. The van der Waals surface area contributed by atoms with Crippen molar-refractivity contribution in [2.24, 2.45) is 5.41 Å². The van der Waals surface area contributed by atoms with E-state index >= 15 is 0 Å². The smallest absolute Gasteiger partial charge is 0.241 e. The molecule has 5 heteroatoms. The lowest BCUT2D eigenvalue weighted by atomic mass is 9.98. The van der Waals surface area contributed by atoms with Crippen molar-refractivity contribution in [2.75, 3.05) is 13.2 Å². The van der Waals surface area contributed by atoms with Crippen LogP contribution in [0.15, 0.2) is 29.2 Å². The third kappa shape index (κ3) is 5.33. The van der Waals surface area contributed by atoms with Crippen molar-refractivity contribution in [1.82, 2.24) is 4.72 Å². The monoisotopic (exact) mass is 295 g/mol. The van der Waals surface area contributed by atoms with E-state index in [9.17, 15) is 8.42 Å². The molecule has 0 aliphatic rings. The fourth-order valence-corrected chi connectivity index (χ4v) is 2.85. The van der Waals surface area contributed by atoms with Crippen molar-refractivity contribution in [3.05, 3.63) is 29.8 Å². The van der Waals surface area contributed by atoms with Crippen LogP contribution in [0.25, 0.3) is 0 Å². The summed E-state index contributed by atoms with van der Waals surface area (Å²) in [5.74, 6) is 5.53. The maximum absolute atomic E-state index is 12.3. The highest BCUT2D eigenvalue weighted by molar-refractivity contribution is 7.89. The van der Waals surface area contributed by atoms with E-state index < -0.39 is 10.0 Å². The van der Waals surface area contributed by atoms with Crippen LogP contribution in [0, 0.1) is 17.3 Å². The summed E-state index contributed by atoms with van der Waals surface area (Å²) in [4.78, 5) is 0.176. The molecule has 20 heavy (non-hydrogen) atoms. The second-order valence-electron chi connectivity index (χ2n) is 5.66. The lowest BCUT2D eigenvalue weighted by Crippen LogP contribution is -2.32. The molecule has 0 atom stereocenters. The number of aliphatic hydroxyl groups excluding tert-OH is 1. The molecule has 0 bridgehead atoms. The van der Waals surface area contributed by atoms with E-state index in [-0.39, 0.29) is 16.9 Å². The lowest BCUT2D eigenvalue weighted by Gasteiger charge is -2.19. The molecule has 0 fully saturated rings. The standard InChI is InChI=1S/C15H21NO3S/c1-15(2,3)12-16-20(18,19)14-10-5-4-8-13(14)9-6-7-11-17/h4-5,8,10,16-17H,7,11-12H2,1-3H3.